The van der Waals surface area contributed by atoms with E-state index >= 15 is 0 Å². The molecule has 0 spiro atoms. The van der Waals surface area contributed by atoms with E-state index in [0.29, 0.717) is 0 Å². The molecule has 1 heterocycles. The third kappa shape index (κ3) is 2.09. The normalized spacial score (nSPS) is 21.0. The van der Waals surface area contributed by atoms with E-state index in [-0.39, 0.29) is 18.2 Å². The largest absolute Gasteiger partial charge is 0.0622 e. The second-order valence-electron chi connectivity index (χ2n) is 8.01. The Labute approximate surface area is 146 Å². The molecule has 1 aliphatic heterocycles. The van der Waals surface area contributed by atoms with Gasteiger partial charge in [0.15, 0.2) is 0 Å². The van der Waals surface area contributed by atoms with Crippen LogP contribution in [0.4, 0.5) is 0 Å². The average molecular weight is 332 g/mol. The van der Waals surface area contributed by atoms with Gasteiger partial charge in [0.2, 0.25) is 0 Å². The smallest absolute Gasteiger partial charge is 0.0152 e. The summed E-state index contributed by atoms with van der Waals surface area (Å²) in [5.74, 6) is 0. The van der Waals surface area contributed by atoms with Crippen LogP contribution in [0.5, 0.6) is 0 Å². The van der Waals surface area contributed by atoms with Crippen molar-refractivity contribution in [3.8, 4) is 0 Å². The molecule has 1 atom stereocenters. The van der Waals surface area contributed by atoms with E-state index in [9.17, 15) is 0 Å². The first-order chi connectivity index (χ1) is 11.3. The molecular weight excluding hydrogens is 307 g/mol. The number of benzene rings is 3. The zero-order valence-electron chi connectivity index (χ0n) is 15.2. The summed E-state index contributed by atoms with van der Waals surface area (Å²) in [4.78, 5) is 0. The Morgan fingerprint density at radius 3 is 2.08 bits per heavy atom. The SMILES string of the molecule is Cc1cc2c3c(cccc3c1)C(C)(C)P(c1ccccc1)C2(C)C. The van der Waals surface area contributed by atoms with Crippen molar-refractivity contribution in [1.82, 2.24) is 0 Å². The molecule has 0 radical (unpaired) electrons. The molecular formula is C23H25P. The minimum Gasteiger partial charge on any atom is -0.0622 e. The van der Waals surface area contributed by atoms with E-state index in [1.54, 1.807) is 0 Å². The molecule has 0 aromatic heterocycles. The Balaban J connectivity index is 2.12. The molecule has 0 aliphatic carbocycles. The van der Waals surface area contributed by atoms with Crippen LogP contribution in [0.2, 0.25) is 0 Å². The molecule has 3 aromatic carbocycles. The highest BCUT2D eigenvalue weighted by Gasteiger charge is 2.48. The van der Waals surface area contributed by atoms with Crippen molar-refractivity contribution in [2.24, 2.45) is 0 Å². The molecule has 0 N–H and O–H groups in total. The molecule has 1 aliphatic rings. The highest BCUT2D eigenvalue weighted by molar-refractivity contribution is 7.68. The summed E-state index contributed by atoms with van der Waals surface area (Å²) in [6.07, 6.45) is 0. The van der Waals surface area contributed by atoms with Gasteiger partial charge in [-0.05, 0) is 34.1 Å². The second-order valence-corrected chi connectivity index (χ2v) is 11.4. The van der Waals surface area contributed by atoms with Crippen molar-refractivity contribution in [2.45, 2.75) is 44.9 Å². The van der Waals surface area contributed by atoms with E-state index in [1.165, 1.54) is 32.8 Å². The topological polar surface area (TPSA) is 0 Å². The quantitative estimate of drug-likeness (QED) is 0.450. The standard InChI is InChI=1S/C23H25P/c1-16-14-17-10-9-13-19-21(17)20(15-16)23(4,5)24(22(19,2)3)18-11-7-6-8-12-18/h6-15H,1-5H3. The van der Waals surface area contributed by atoms with Crippen molar-refractivity contribution in [3.05, 3.63) is 77.4 Å². The van der Waals surface area contributed by atoms with Gasteiger partial charge < -0.3 is 0 Å². The summed E-state index contributed by atoms with van der Waals surface area (Å²) in [6, 6.07) is 22.8. The summed E-state index contributed by atoms with van der Waals surface area (Å²) in [5.41, 5.74) is 4.41. The molecule has 122 valence electrons. The van der Waals surface area contributed by atoms with Crippen LogP contribution >= 0.6 is 7.92 Å². The van der Waals surface area contributed by atoms with Gasteiger partial charge in [0.05, 0.1) is 0 Å². The first kappa shape index (κ1) is 15.9. The van der Waals surface area contributed by atoms with E-state index in [1.807, 2.05) is 0 Å². The Hall–Kier alpha value is -1.65. The fourth-order valence-corrected chi connectivity index (χ4v) is 8.74. The Bertz CT molecular complexity index is 919. The molecule has 0 saturated carbocycles. The third-order valence-corrected chi connectivity index (χ3v) is 9.10. The number of aryl methyl sites for hydroxylation is 1. The van der Waals surface area contributed by atoms with Crippen LogP contribution in [-0.4, -0.2) is 0 Å². The van der Waals surface area contributed by atoms with Gasteiger partial charge in [-0.15, -0.1) is 0 Å². The maximum absolute atomic E-state index is 2.46. The molecule has 0 saturated heterocycles. The molecule has 24 heavy (non-hydrogen) atoms. The van der Waals surface area contributed by atoms with E-state index in [0.717, 1.165) is 0 Å². The molecule has 4 rings (SSSR count). The van der Waals surface area contributed by atoms with Crippen LogP contribution in [0.15, 0.2) is 60.7 Å². The Morgan fingerprint density at radius 1 is 0.708 bits per heavy atom. The lowest BCUT2D eigenvalue weighted by Gasteiger charge is -2.51. The van der Waals surface area contributed by atoms with Gasteiger partial charge in [-0.3, -0.25) is 0 Å². The van der Waals surface area contributed by atoms with Crippen molar-refractivity contribution in [3.63, 3.8) is 0 Å². The van der Waals surface area contributed by atoms with Gasteiger partial charge in [-0.1, -0.05) is 102 Å². The number of hydrogen-bond donors (Lipinski definition) is 0. The van der Waals surface area contributed by atoms with E-state index < -0.39 is 0 Å². The number of hydrogen-bond acceptors (Lipinski definition) is 0. The summed E-state index contributed by atoms with van der Waals surface area (Å²) in [6.45, 7) is 12.0. The minimum atomic E-state index is -0.378. The summed E-state index contributed by atoms with van der Waals surface area (Å²) >= 11 is 0. The van der Waals surface area contributed by atoms with Gasteiger partial charge in [0.25, 0.3) is 0 Å². The fraction of sp³-hybridized carbons (Fsp3) is 0.304. The van der Waals surface area contributed by atoms with Gasteiger partial charge in [0.1, 0.15) is 0 Å². The van der Waals surface area contributed by atoms with Gasteiger partial charge >= 0.3 is 0 Å². The second kappa shape index (κ2) is 5.17. The van der Waals surface area contributed by atoms with Crippen molar-refractivity contribution in [1.29, 1.82) is 0 Å². The summed E-state index contributed by atoms with van der Waals surface area (Å²) in [5, 5.41) is 4.70. The van der Waals surface area contributed by atoms with Crippen LogP contribution in [0.3, 0.4) is 0 Å². The minimum absolute atomic E-state index is 0.152. The van der Waals surface area contributed by atoms with E-state index in [2.05, 4.69) is 95.3 Å². The lowest BCUT2D eigenvalue weighted by atomic mass is 9.85. The molecule has 0 nitrogen and oxygen atoms in total. The lowest BCUT2D eigenvalue weighted by molar-refractivity contribution is 0.678. The number of rotatable bonds is 1. The Morgan fingerprint density at radius 2 is 1.38 bits per heavy atom. The molecule has 0 bridgehead atoms. The van der Waals surface area contributed by atoms with Crippen LogP contribution in [0.25, 0.3) is 10.8 Å². The molecule has 0 fully saturated rings. The van der Waals surface area contributed by atoms with Crippen LogP contribution in [0.1, 0.15) is 44.4 Å². The first-order valence-electron chi connectivity index (χ1n) is 8.73. The van der Waals surface area contributed by atoms with Crippen LogP contribution in [0, 0.1) is 6.92 Å². The van der Waals surface area contributed by atoms with Crippen molar-refractivity contribution in [2.75, 3.05) is 0 Å². The predicted molar refractivity (Wildman–Crippen MR) is 108 cm³/mol. The third-order valence-electron chi connectivity index (χ3n) is 5.57. The highest BCUT2D eigenvalue weighted by atomic mass is 31.1. The summed E-state index contributed by atoms with van der Waals surface area (Å²) in [7, 11) is -0.378. The molecule has 1 unspecified atom stereocenters. The lowest BCUT2D eigenvalue weighted by Crippen LogP contribution is -2.36. The maximum atomic E-state index is 2.46. The maximum Gasteiger partial charge on any atom is 0.0152 e. The zero-order chi connectivity index (χ0) is 17.1. The predicted octanol–water partition coefficient (Wildman–Crippen LogP) is 6.44. The molecule has 1 heteroatoms. The first-order valence-corrected chi connectivity index (χ1v) is 10.1. The van der Waals surface area contributed by atoms with Gasteiger partial charge in [0, 0.05) is 10.3 Å². The highest BCUT2D eigenvalue weighted by Crippen LogP contribution is 2.71. The molecule has 3 aromatic rings. The van der Waals surface area contributed by atoms with Crippen LogP contribution in [-0.2, 0) is 10.3 Å². The monoisotopic (exact) mass is 332 g/mol. The van der Waals surface area contributed by atoms with Crippen molar-refractivity contribution < 1.29 is 0 Å². The zero-order valence-corrected chi connectivity index (χ0v) is 16.1. The van der Waals surface area contributed by atoms with Gasteiger partial charge in [-0.25, -0.2) is 0 Å². The fourth-order valence-electron chi connectivity index (χ4n) is 4.73. The van der Waals surface area contributed by atoms with Crippen LogP contribution < -0.4 is 5.30 Å². The molecule has 0 amide bonds. The Kier molecular flexibility index (Phi) is 3.42. The van der Waals surface area contributed by atoms with Gasteiger partial charge in [-0.2, -0.15) is 0 Å². The van der Waals surface area contributed by atoms with E-state index in [4.69, 9.17) is 0 Å². The van der Waals surface area contributed by atoms with Crippen molar-refractivity contribution >= 4 is 24.0 Å². The average Bonchev–Trinajstić information content (AvgIpc) is 2.53. The summed E-state index contributed by atoms with van der Waals surface area (Å²) < 4.78 is 0.